The van der Waals surface area contributed by atoms with Crippen LogP contribution in [0, 0.1) is 11.8 Å². The molecule has 70 valence electrons. The van der Waals surface area contributed by atoms with Crippen LogP contribution in [-0.4, -0.2) is 13.1 Å². The molecule has 2 rings (SSSR count). The summed E-state index contributed by atoms with van der Waals surface area (Å²) in [7, 11) is 0. The number of hydrogen-bond donors (Lipinski definition) is 1. The highest BCUT2D eigenvalue weighted by molar-refractivity contribution is 4.74. The van der Waals surface area contributed by atoms with Gasteiger partial charge in [0.25, 0.3) is 0 Å². The van der Waals surface area contributed by atoms with Crippen molar-refractivity contribution in [1.29, 1.82) is 0 Å². The van der Waals surface area contributed by atoms with Crippen LogP contribution in [0.25, 0.3) is 0 Å². The van der Waals surface area contributed by atoms with E-state index in [4.69, 9.17) is 0 Å². The van der Waals surface area contributed by atoms with Gasteiger partial charge in [0.05, 0.1) is 0 Å². The molecule has 0 unspecified atom stereocenters. The maximum atomic E-state index is 3.63. The summed E-state index contributed by atoms with van der Waals surface area (Å²) in [5.41, 5.74) is 0. The summed E-state index contributed by atoms with van der Waals surface area (Å²) in [5, 5.41) is 3.63. The maximum Gasteiger partial charge on any atom is -0.00204 e. The molecule has 2 aliphatic carbocycles. The fraction of sp³-hybridized carbons (Fsp3) is 1.00. The molecule has 1 nitrogen and oxygen atoms in total. The molecule has 12 heavy (non-hydrogen) atoms. The fourth-order valence-corrected chi connectivity index (χ4v) is 2.40. The lowest BCUT2D eigenvalue weighted by atomic mass is 9.85. The van der Waals surface area contributed by atoms with E-state index in [1.54, 1.807) is 0 Å². The van der Waals surface area contributed by atoms with Crippen LogP contribution in [0.15, 0.2) is 0 Å². The molecule has 0 aromatic heterocycles. The largest absolute Gasteiger partial charge is 0.316 e. The molecule has 0 aromatic rings. The quantitative estimate of drug-likeness (QED) is 0.678. The van der Waals surface area contributed by atoms with Crippen LogP contribution in [0.4, 0.5) is 0 Å². The van der Waals surface area contributed by atoms with Gasteiger partial charge in [0, 0.05) is 0 Å². The van der Waals surface area contributed by atoms with E-state index >= 15 is 0 Å². The summed E-state index contributed by atoms with van der Waals surface area (Å²) in [6.07, 6.45) is 10.4. The molecular formula is C11H21N. The van der Waals surface area contributed by atoms with E-state index in [1.807, 2.05) is 0 Å². The van der Waals surface area contributed by atoms with Crippen molar-refractivity contribution in [2.24, 2.45) is 11.8 Å². The van der Waals surface area contributed by atoms with Crippen molar-refractivity contribution >= 4 is 0 Å². The van der Waals surface area contributed by atoms with Crippen molar-refractivity contribution in [3.63, 3.8) is 0 Å². The minimum Gasteiger partial charge on any atom is -0.316 e. The van der Waals surface area contributed by atoms with Crippen LogP contribution in [0.3, 0.4) is 0 Å². The Morgan fingerprint density at radius 3 is 1.67 bits per heavy atom. The minimum atomic E-state index is 1.02. The van der Waals surface area contributed by atoms with Gasteiger partial charge >= 0.3 is 0 Å². The van der Waals surface area contributed by atoms with Gasteiger partial charge in [-0.25, -0.2) is 0 Å². The second-order valence-electron chi connectivity index (χ2n) is 4.61. The number of hydrogen-bond acceptors (Lipinski definition) is 1. The topological polar surface area (TPSA) is 12.0 Å². The first-order valence-corrected chi connectivity index (χ1v) is 5.66. The third-order valence-electron chi connectivity index (χ3n) is 3.57. The third-order valence-corrected chi connectivity index (χ3v) is 3.57. The molecule has 0 aromatic carbocycles. The Morgan fingerprint density at radius 2 is 1.25 bits per heavy atom. The van der Waals surface area contributed by atoms with Crippen LogP contribution < -0.4 is 5.32 Å². The SMILES string of the molecule is C1CCC(CNCC2CCC2)C1. The van der Waals surface area contributed by atoms with Crippen LogP contribution in [0.2, 0.25) is 0 Å². The van der Waals surface area contributed by atoms with Gasteiger partial charge in [-0.05, 0) is 50.6 Å². The second-order valence-corrected chi connectivity index (χ2v) is 4.61. The monoisotopic (exact) mass is 167 g/mol. The lowest BCUT2D eigenvalue weighted by Gasteiger charge is -2.26. The van der Waals surface area contributed by atoms with Crippen LogP contribution in [0.1, 0.15) is 44.9 Å². The predicted octanol–water partition coefficient (Wildman–Crippen LogP) is 2.57. The van der Waals surface area contributed by atoms with Gasteiger partial charge in [-0.1, -0.05) is 19.3 Å². The predicted molar refractivity (Wildman–Crippen MR) is 52.2 cm³/mol. The Kier molecular flexibility index (Phi) is 3.04. The highest BCUT2D eigenvalue weighted by atomic mass is 14.9. The molecule has 0 bridgehead atoms. The van der Waals surface area contributed by atoms with Gasteiger partial charge in [0.15, 0.2) is 0 Å². The molecule has 0 radical (unpaired) electrons. The molecule has 0 spiro atoms. The van der Waals surface area contributed by atoms with Gasteiger partial charge in [-0.2, -0.15) is 0 Å². The summed E-state index contributed by atoms with van der Waals surface area (Å²) in [6, 6.07) is 0. The smallest absolute Gasteiger partial charge is 0.00204 e. The maximum absolute atomic E-state index is 3.63. The van der Waals surface area contributed by atoms with Gasteiger partial charge in [0.2, 0.25) is 0 Å². The zero-order chi connectivity index (χ0) is 8.23. The molecule has 1 N–H and O–H groups in total. The van der Waals surface area contributed by atoms with Crippen LogP contribution in [-0.2, 0) is 0 Å². The third kappa shape index (κ3) is 2.22. The molecular weight excluding hydrogens is 146 g/mol. The van der Waals surface area contributed by atoms with Crippen molar-refractivity contribution in [2.45, 2.75) is 44.9 Å². The van der Waals surface area contributed by atoms with E-state index < -0.39 is 0 Å². The molecule has 0 amide bonds. The second kappa shape index (κ2) is 4.27. The Hall–Kier alpha value is -0.0400. The van der Waals surface area contributed by atoms with Gasteiger partial charge < -0.3 is 5.32 Å². The Balaban J connectivity index is 1.49. The van der Waals surface area contributed by atoms with E-state index in [9.17, 15) is 0 Å². The van der Waals surface area contributed by atoms with Gasteiger partial charge in [0.1, 0.15) is 0 Å². The van der Waals surface area contributed by atoms with Crippen molar-refractivity contribution in [3.8, 4) is 0 Å². The van der Waals surface area contributed by atoms with Crippen LogP contribution in [0.5, 0.6) is 0 Å². The molecule has 2 aliphatic rings. The summed E-state index contributed by atoms with van der Waals surface area (Å²) in [5.74, 6) is 2.05. The van der Waals surface area contributed by atoms with Crippen molar-refractivity contribution < 1.29 is 0 Å². The summed E-state index contributed by atoms with van der Waals surface area (Å²) < 4.78 is 0. The van der Waals surface area contributed by atoms with Gasteiger partial charge in [-0.3, -0.25) is 0 Å². The van der Waals surface area contributed by atoms with Gasteiger partial charge in [-0.15, -0.1) is 0 Å². The first-order chi connectivity index (χ1) is 5.95. The molecule has 0 saturated heterocycles. The Morgan fingerprint density at radius 1 is 0.750 bits per heavy atom. The van der Waals surface area contributed by atoms with E-state index in [2.05, 4.69) is 5.32 Å². The number of nitrogens with one attached hydrogen (secondary N) is 1. The van der Waals surface area contributed by atoms with Crippen LogP contribution >= 0.6 is 0 Å². The normalized spacial score (nSPS) is 26.0. The molecule has 2 saturated carbocycles. The number of rotatable bonds is 4. The highest BCUT2D eigenvalue weighted by Gasteiger charge is 2.18. The Bertz CT molecular complexity index is 123. The summed E-state index contributed by atoms with van der Waals surface area (Å²) >= 11 is 0. The molecule has 2 fully saturated rings. The lowest BCUT2D eigenvalue weighted by molar-refractivity contribution is 0.294. The van der Waals surface area contributed by atoms with E-state index in [-0.39, 0.29) is 0 Å². The van der Waals surface area contributed by atoms with Crippen molar-refractivity contribution in [3.05, 3.63) is 0 Å². The molecule has 0 aliphatic heterocycles. The molecule has 1 heteroatoms. The first kappa shape index (κ1) is 8.55. The average molecular weight is 167 g/mol. The Labute approximate surface area is 75.9 Å². The minimum absolute atomic E-state index is 1.02. The van der Waals surface area contributed by atoms with E-state index in [0.717, 1.165) is 11.8 Å². The zero-order valence-corrected chi connectivity index (χ0v) is 8.02. The fourth-order valence-electron chi connectivity index (χ4n) is 2.40. The standard InChI is InChI=1S/C11H21N/c1-2-5-10(4-1)8-12-9-11-6-3-7-11/h10-12H,1-9H2. The van der Waals surface area contributed by atoms with Crippen molar-refractivity contribution in [1.82, 2.24) is 5.32 Å². The zero-order valence-electron chi connectivity index (χ0n) is 8.02. The summed E-state index contributed by atoms with van der Waals surface area (Å²) in [6.45, 7) is 2.60. The molecule has 0 atom stereocenters. The molecule has 0 heterocycles. The highest BCUT2D eigenvalue weighted by Crippen LogP contribution is 2.26. The first-order valence-electron chi connectivity index (χ1n) is 5.66. The average Bonchev–Trinajstić information content (AvgIpc) is 2.46. The van der Waals surface area contributed by atoms with E-state index in [1.165, 1.54) is 58.0 Å². The summed E-state index contributed by atoms with van der Waals surface area (Å²) in [4.78, 5) is 0. The van der Waals surface area contributed by atoms with Crippen molar-refractivity contribution in [2.75, 3.05) is 13.1 Å². The lowest BCUT2D eigenvalue weighted by Crippen LogP contribution is -2.30. The van der Waals surface area contributed by atoms with E-state index in [0.29, 0.717) is 0 Å².